The van der Waals surface area contributed by atoms with Gasteiger partial charge in [-0.3, -0.25) is 0 Å². The molecule has 0 saturated carbocycles. The molecule has 0 saturated heterocycles. The SMILES string of the molecule is Cc1ccc([123I])c(C)c1. The Bertz CT molecular complexity index is 216. The van der Waals surface area contributed by atoms with Crippen molar-refractivity contribution in [1.82, 2.24) is 0 Å². The summed E-state index contributed by atoms with van der Waals surface area (Å²) < 4.78 is 1.35. The van der Waals surface area contributed by atoms with Crippen LogP contribution in [0.25, 0.3) is 0 Å². The predicted molar refractivity (Wildman–Crippen MR) is 48.6 cm³/mol. The van der Waals surface area contributed by atoms with Gasteiger partial charge in [-0.05, 0) is 48.1 Å². The van der Waals surface area contributed by atoms with Crippen LogP contribution in [-0.2, 0) is 0 Å². The van der Waals surface area contributed by atoms with Gasteiger partial charge in [0.1, 0.15) is 0 Å². The minimum Gasteiger partial charge on any atom is -0.0583 e. The Kier molecular flexibility index (Phi) is 2.11. The summed E-state index contributed by atoms with van der Waals surface area (Å²) in [5.41, 5.74) is 2.71. The van der Waals surface area contributed by atoms with Gasteiger partial charge in [-0.1, -0.05) is 17.7 Å². The first-order valence-electron chi connectivity index (χ1n) is 2.93. The molecule has 0 radical (unpaired) electrons. The summed E-state index contributed by atoms with van der Waals surface area (Å²) in [5.74, 6) is 0. The van der Waals surface area contributed by atoms with Crippen LogP contribution in [0.1, 0.15) is 11.1 Å². The van der Waals surface area contributed by atoms with E-state index in [2.05, 4.69) is 54.6 Å². The second kappa shape index (κ2) is 2.69. The highest BCUT2D eigenvalue weighted by Gasteiger charge is 1.90. The largest absolute Gasteiger partial charge is 0.0583 e. The summed E-state index contributed by atoms with van der Waals surface area (Å²) in [5, 5.41) is 0. The Morgan fingerprint density at radius 2 is 1.89 bits per heavy atom. The van der Waals surface area contributed by atoms with Gasteiger partial charge in [-0.2, -0.15) is 0 Å². The number of rotatable bonds is 0. The summed E-state index contributed by atoms with van der Waals surface area (Å²) >= 11 is 2.34. The van der Waals surface area contributed by atoms with Gasteiger partial charge in [0.2, 0.25) is 0 Å². The van der Waals surface area contributed by atoms with Crippen LogP contribution in [-0.4, -0.2) is 0 Å². The van der Waals surface area contributed by atoms with Crippen molar-refractivity contribution in [2.24, 2.45) is 0 Å². The fraction of sp³-hybridized carbons (Fsp3) is 0.250. The lowest BCUT2D eigenvalue weighted by Gasteiger charge is -1.96. The lowest BCUT2D eigenvalue weighted by Crippen LogP contribution is -1.79. The molecule has 0 aromatic heterocycles. The highest BCUT2D eigenvalue weighted by Crippen LogP contribution is 2.11. The van der Waals surface area contributed by atoms with Gasteiger partial charge < -0.3 is 0 Å². The van der Waals surface area contributed by atoms with Crippen molar-refractivity contribution in [3.05, 3.63) is 32.9 Å². The van der Waals surface area contributed by atoms with Gasteiger partial charge in [0, 0.05) is 3.57 Å². The molecule has 48 valence electrons. The van der Waals surface area contributed by atoms with Crippen molar-refractivity contribution in [2.75, 3.05) is 0 Å². The lowest BCUT2D eigenvalue weighted by molar-refractivity contribution is 1.36. The predicted octanol–water partition coefficient (Wildman–Crippen LogP) is 2.91. The van der Waals surface area contributed by atoms with Crippen LogP contribution in [0.5, 0.6) is 0 Å². The van der Waals surface area contributed by atoms with E-state index in [4.69, 9.17) is 0 Å². The standard InChI is InChI=1S/C8H9I/c1-6-3-4-8(9)7(2)5-6/h3-5H,1-2H3/i9-4. The number of hydrogen-bond donors (Lipinski definition) is 0. The molecule has 1 aromatic rings. The zero-order valence-electron chi connectivity index (χ0n) is 5.61. The highest BCUT2D eigenvalue weighted by atomic mass is 123. The maximum absolute atomic E-state index is 2.34. The third-order valence-corrected chi connectivity index (χ3v) is 2.52. The minimum absolute atomic E-state index is 1.34. The Morgan fingerprint density at radius 3 is 2.33 bits per heavy atom. The Morgan fingerprint density at radius 1 is 1.22 bits per heavy atom. The van der Waals surface area contributed by atoms with Gasteiger partial charge in [0.15, 0.2) is 0 Å². The van der Waals surface area contributed by atoms with E-state index in [0.717, 1.165) is 0 Å². The molecule has 0 unspecified atom stereocenters. The van der Waals surface area contributed by atoms with Crippen LogP contribution < -0.4 is 0 Å². The highest BCUT2D eigenvalue weighted by molar-refractivity contribution is 14.1. The molecule has 0 N–H and O–H groups in total. The Hall–Kier alpha value is -0.0500. The molecule has 1 heteroatoms. The van der Waals surface area contributed by atoms with E-state index < -0.39 is 0 Å². The molecule has 0 aliphatic rings. The molecule has 0 spiro atoms. The zero-order valence-corrected chi connectivity index (χ0v) is 7.77. The minimum atomic E-state index is 1.34. The number of aryl methyl sites for hydroxylation is 2. The van der Waals surface area contributed by atoms with Crippen LogP contribution in [0.15, 0.2) is 18.2 Å². The molecule has 0 aliphatic carbocycles. The van der Waals surface area contributed by atoms with Crippen molar-refractivity contribution in [3.8, 4) is 0 Å². The summed E-state index contributed by atoms with van der Waals surface area (Å²) in [7, 11) is 0. The second-order valence-corrected chi connectivity index (χ2v) is 3.41. The van der Waals surface area contributed by atoms with E-state index in [9.17, 15) is 0 Å². The summed E-state index contributed by atoms with van der Waals surface area (Å²) in [6, 6.07) is 6.47. The molecule has 0 heterocycles. The molecular weight excluding hydrogens is 219 g/mol. The fourth-order valence-corrected chi connectivity index (χ4v) is 1.13. The molecule has 0 aliphatic heterocycles. The molecule has 0 atom stereocenters. The van der Waals surface area contributed by atoms with Gasteiger partial charge in [-0.15, -0.1) is 0 Å². The molecule has 1 aromatic carbocycles. The van der Waals surface area contributed by atoms with Gasteiger partial charge in [-0.25, -0.2) is 0 Å². The monoisotopic (exact) mass is 228 g/mol. The average molecular weight is 228 g/mol. The van der Waals surface area contributed by atoms with Crippen LogP contribution in [0.2, 0.25) is 0 Å². The van der Waals surface area contributed by atoms with Gasteiger partial charge in [0.25, 0.3) is 0 Å². The average Bonchev–Trinajstić information content (AvgIpc) is 1.80. The van der Waals surface area contributed by atoms with E-state index in [1.807, 2.05) is 0 Å². The van der Waals surface area contributed by atoms with Crippen LogP contribution in [0, 0.1) is 17.4 Å². The molecule has 0 nitrogen and oxygen atoms in total. The molecular formula is C8H9I. The molecule has 0 fully saturated rings. The smallest absolute Gasteiger partial charge is 0.0159 e. The van der Waals surface area contributed by atoms with E-state index in [0.29, 0.717) is 0 Å². The molecule has 9 heavy (non-hydrogen) atoms. The first-order chi connectivity index (χ1) is 4.20. The van der Waals surface area contributed by atoms with Crippen molar-refractivity contribution >= 4 is 22.6 Å². The van der Waals surface area contributed by atoms with E-state index in [1.165, 1.54) is 14.7 Å². The van der Waals surface area contributed by atoms with Crippen molar-refractivity contribution < 1.29 is 0 Å². The normalized spacial score (nSPS) is 9.67. The van der Waals surface area contributed by atoms with E-state index in [1.54, 1.807) is 0 Å². The van der Waals surface area contributed by atoms with Crippen LogP contribution >= 0.6 is 22.6 Å². The maximum atomic E-state index is 2.34. The maximum Gasteiger partial charge on any atom is 0.0159 e. The summed E-state index contributed by atoms with van der Waals surface area (Å²) in [6.45, 7) is 4.25. The summed E-state index contributed by atoms with van der Waals surface area (Å²) in [6.07, 6.45) is 0. The van der Waals surface area contributed by atoms with Crippen molar-refractivity contribution in [3.63, 3.8) is 0 Å². The topological polar surface area (TPSA) is 0 Å². The van der Waals surface area contributed by atoms with E-state index in [-0.39, 0.29) is 0 Å². The third kappa shape index (κ3) is 1.68. The Labute approximate surface area is 69.4 Å². The number of halogens is 1. The first-order valence-corrected chi connectivity index (χ1v) is 4.01. The fourth-order valence-electron chi connectivity index (χ4n) is 0.795. The van der Waals surface area contributed by atoms with Crippen LogP contribution in [0.4, 0.5) is 0 Å². The Balaban J connectivity index is 3.17. The summed E-state index contributed by atoms with van der Waals surface area (Å²) in [4.78, 5) is 0. The first kappa shape index (κ1) is 7.06. The molecule has 0 bridgehead atoms. The van der Waals surface area contributed by atoms with Crippen molar-refractivity contribution in [1.29, 1.82) is 0 Å². The van der Waals surface area contributed by atoms with Crippen molar-refractivity contribution in [2.45, 2.75) is 13.8 Å². The zero-order chi connectivity index (χ0) is 6.85. The third-order valence-electron chi connectivity index (χ3n) is 1.31. The van der Waals surface area contributed by atoms with Gasteiger partial charge >= 0.3 is 0 Å². The molecule has 0 amide bonds. The van der Waals surface area contributed by atoms with Gasteiger partial charge in [0.05, 0.1) is 0 Å². The quantitative estimate of drug-likeness (QED) is 0.599. The number of hydrogen-bond acceptors (Lipinski definition) is 0. The second-order valence-electron chi connectivity index (χ2n) is 2.25. The lowest BCUT2D eigenvalue weighted by atomic mass is 10.2. The van der Waals surface area contributed by atoms with E-state index >= 15 is 0 Å². The molecule has 1 rings (SSSR count). The van der Waals surface area contributed by atoms with Crippen LogP contribution in [0.3, 0.4) is 0 Å². The number of benzene rings is 1.